The zero-order chi connectivity index (χ0) is 15.7. The van der Waals surface area contributed by atoms with Crippen molar-refractivity contribution in [3.8, 4) is 0 Å². The lowest BCUT2D eigenvalue weighted by Crippen LogP contribution is -2.25. The van der Waals surface area contributed by atoms with E-state index in [9.17, 15) is 0 Å². The van der Waals surface area contributed by atoms with Crippen LogP contribution in [0.1, 0.15) is 58.3 Å². The fourth-order valence-electron chi connectivity index (χ4n) is 3.02. The molecule has 1 rings (SSSR count). The second kappa shape index (κ2) is 9.70. The molecule has 1 aliphatic heterocycles. The summed E-state index contributed by atoms with van der Waals surface area (Å²) in [6, 6.07) is 0.705. The van der Waals surface area contributed by atoms with Crippen LogP contribution in [0.15, 0.2) is 37.2 Å². The maximum Gasteiger partial charge on any atom is 0.0259 e. The van der Waals surface area contributed by atoms with E-state index in [0.29, 0.717) is 6.04 Å². The van der Waals surface area contributed by atoms with Crippen molar-refractivity contribution in [3.63, 3.8) is 0 Å². The van der Waals surface area contributed by atoms with Gasteiger partial charge in [-0.25, -0.2) is 0 Å². The van der Waals surface area contributed by atoms with Crippen LogP contribution in [-0.2, 0) is 0 Å². The predicted molar refractivity (Wildman–Crippen MR) is 94.2 cm³/mol. The molecular formula is C19H34N2. The summed E-state index contributed by atoms with van der Waals surface area (Å²) in [5.41, 5.74) is 2.58. The average molecular weight is 290 g/mol. The lowest BCUT2D eigenvalue weighted by molar-refractivity contribution is 0.324. The maximum absolute atomic E-state index is 4.27. The summed E-state index contributed by atoms with van der Waals surface area (Å²) in [5, 5.41) is 0. The van der Waals surface area contributed by atoms with Gasteiger partial charge in [0.2, 0.25) is 0 Å². The van der Waals surface area contributed by atoms with Crippen molar-refractivity contribution in [2.24, 2.45) is 0 Å². The smallest absolute Gasteiger partial charge is 0.0259 e. The van der Waals surface area contributed by atoms with Crippen LogP contribution in [0, 0.1) is 0 Å². The molecule has 0 aliphatic carbocycles. The molecule has 120 valence electrons. The third-order valence-electron chi connectivity index (χ3n) is 4.59. The first-order valence-corrected chi connectivity index (χ1v) is 8.50. The largest absolute Gasteiger partial charge is 0.378 e. The second-order valence-corrected chi connectivity index (χ2v) is 6.38. The van der Waals surface area contributed by atoms with Gasteiger partial charge in [0.25, 0.3) is 0 Å². The molecule has 1 heterocycles. The van der Waals surface area contributed by atoms with Crippen LogP contribution in [-0.4, -0.2) is 36.0 Å². The molecule has 0 aromatic carbocycles. The molecule has 1 saturated heterocycles. The Bertz CT molecular complexity index is 345. The highest BCUT2D eigenvalue weighted by molar-refractivity contribution is 4.99. The summed E-state index contributed by atoms with van der Waals surface area (Å²) in [4.78, 5) is 4.80. The molecule has 2 nitrogen and oxygen atoms in total. The summed E-state index contributed by atoms with van der Waals surface area (Å²) in [6.45, 7) is 16.8. The number of hydrogen-bond donors (Lipinski definition) is 0. The predicted octanol–water partition coefficient (Wildman–Crippen LogP) is 4.96. The third-order valence-corrected chi connectivity index (χ3v) is 4.59. The van der Waals surface area contributed by atoms with Gasteiger partial charge in [0, 0.05) is 37.6 Å². The van der Waals surface area contributed by atoms with E-state index in [-0.39, 0.29) is 0 Å². The Kier molecular flexibility index (Phi) is 8.26. The first-order chi connectivity index (χ1) is 10.1. The number of likely N-dealkylation sites (tertiary alicyclic amines) is 1. The van der Waals surface area contributed by atoms with E-state index in [2.05, 4.69) is 43.5 Å². The van der Waals surface area contributed by atoms with Crippen molar-refractivity contribution in [1.82, 2.24) is 9.80 Å². The van der Waals surface area contributed by atoms with Crippen LogP contribution in [0.2, 0.25) is 0 Å². The Morgan fingerprint density at radius 2 is 2.00 bits per heavy atom. The van der Waals surface area contributed by atoms with Crippen LogP contribution in [0.3, 0.4) is 0 Å². The van der Waals surface area contributed by atoms with E-state index in [4.69, 9.17) is 0 Å². The summed E-state index contributed by atoms with van der Waals surface area (Å²) in [5.74, 6) is 0. The molecule has 21 heavy (non-hydrogen) atoms. The molecule has 0 aromatic rings. The average Bonchev–Trinajstić information content (AvgIpc) is 2.90. The third kappa shape index (κ3) is 6.41. The fourth-order valence-corrected chi connectivity index (χ4v) is 3.02. The number of nitrogens with zero attached hydrogens (tertiary/aromatic N) is 2. The molecule has 0 spiro atoms. The molecule has 0 bridgehead atoms. The fraction of sp³-hybridized carbons (Fsp3) is 0.684. The van der Waals surface area contributed by atoms with Gasteiger partial charge in [-0.3, -0.25) is 0 Å². The molecule has 1 fully saturated rings. The summed E-state index contributed by atoms with van der Waals surface area (Å²) in [7, 11) is 2.15. The van der Waals surface area contributed by atoms with Crippen molar-refractivity contribution >= 4 is 0 Å². The van der Waals surface area contributed by atoms with Gasteiger partial charge < -0.3 is 9.80 Å². The summed E-state index contributed by atoms with van der Waals surface area (Å²) in [6.07, 6.45) is 11.6. The van der Waals surface area contributed by atoms with Crippen molar-refractivity contribution in [3.05, 3.63) is 37.2 Å². The Labute approximate surface area is 132 Å². The van der Waals surface area contributed by atoms with E-state index in [1.54, 1.807) is 0 Å². The second-order valence-electron chi connectivity index (χ2n) is 6.38. The van der Waals surface area contributed by atoms with Crippen LogP contribution in [0.4, 0.5) is 0 Å². The minimum atomic E-state index is 0.705. The number of hydrogen-bond acceptors (Lipinski definition) is 2. The molecule has 0 N–H and O–H groups in total. The topological polar surface area (TPSA) is 6.48 Å². The number of rotatable bonds is 11. The molecule has 2 heteroatoms. The van der Waals surface area contributed by atoms with E-state index in [1.807, 2.05) is 6.08 Å². The molecule has 1 aliphatic rings. The van der Waals surface area contributed by atoms with Gasteiger partial charge in [-0.15, -0.1) is 6.58 Å². The molecule has 0 amide bonds. The lowest BCUT2D eigenvalue weighted by atomic mass is 10.1. The van der Waals surface area contributed by atoms with Crippen LogP contribution in [0.5, 0.6) is 0 Å². The zero-order valence-electron chi connectivity index (χ0n) is 14.2. The molecule has 1 unspecified atom stereocenters. The molecular weight excluding hydrogens is 256 g/mol. The van der Waals surface area contributed by atoms with Crippen molar-refractivity contribution in [2.75, 3.05) is 20.1 Å². The van der Waals surface area contributed by atoms with Gasteiger partial charge in [-0.2, -0.15) is 0 Å². The van der Waals surface area contributed by atoms with E-state index in [1.165, 1.54) is 50.0 Å². The minimum absolute atomic E-state index is 0.705. The highest BCUT2D eigenvalue weighted by atomic mass is 15.2. The highest BCUT2D eigenvalue weighted by Gasteiger charge is 2.20. The molecule has 0 saturated carbocycles. The van der Waals surface area contributed by atoms with E-state index < -0.39 is 0 Å². The molecule has 0 radical (unpaired) electrons. The summed E-state index contributed by atoms with van der Waals surface area (Å²) < 4.78 is 0. The van der Waals surface area contributed by atoms with Crippen molar-refractivity contribution in [1.29, 1.82) is 0 Å². The Morgan fingerprint density at radius 3 is 2.62 bits per heavy atom. The highest BCUT2D eigenvalue weighted by Crippen LogP contribution is 2.23. The summed E-state index contributed by atoms with van der Waals surface area (Å²) >= 11 is 0. The van der Waals surface area contributed by atoms with Crippen LogP contribution >= 0.6 is 0 Å². The normalized spacial score (nSPS) is 17.8. The Morgan fingerprint density at radius 1 is 1.24 bits per heavy atom. The van der Waals surface area contributed by atoms with Gasteiger partial charge in [0.15, 0.2) is 0 Å². The number of unbranched alkanes of at least 4 members (excludes halogenated alkanes) is 2. The van der Waals surface area contributed by atoms with Crippen molar-refractivity contribution in [2.45, 2.75) is 64.3 Å². The molecule has 1 atom stereocenters. The molecule has 0 aromatic heterocycles. The standard InChI is InChI=1S/C19H34N2/c1-6-7-12-17(2)20(5)15-10-8-9-13-18(3)21-16-11-14-19(21)4/h6,19H,1-3,7-16H2,4-5H3. The zero-order valence-corrected chi connectivity index (χ0v) is 14.2. The minimum Gasteiger partial charge on any atom is -0.378 e. The first kappa shape index (κ1) is 17.9. The monoisotopic (exact) mass is 290 g/mol. The quantitative estimate of drug-likeness (QED) is 0.392. The SMILES string of the molecule is C=CCCC(=C)N(C)CCCCCC(=C)N1CCCC1C. The van der Waals surface area contributed by atoms with Gasteiger partial charge in [0.1, 0.15) is 0 Å². The van der Waals surface area contributed by atoms with Gasteiger partial charge >= 0.3 is 0 Å². The Hall–Kier alpha value is -1.18. The van der Waals surface area contributed by atoms with Gasteiger partial charge in [-0.05, 0) is 51.9 Å². The lowest BCUT2D eigenvalue weighted by Gasteiger charge is -2.26. The van der Waals surface area contributed by atoms with Crippen molar-refractivity contribution < 1.29 is 0 Å². The van der Waals surface area contributed by atoms with E-state index >= 15 is 0 Å². The first-order valence-electron chi connectivity index (χ1n) is 8.50. The maximum atomic E-state index is 4.27. The van der Waals surface area contributed by atoms with E-state index in [0.717, 1.165) is 25.8 Å². The number of allylic oxidation sites excluding steroid dienone is 3. The van der Waals surface area contributed by atoms with Crippen LogP contribution < -0.4 is 0 Å². The van der Waals surface area contributed by atoms with Crippen LogP contribution in [0.25, 0.3) is 0 Å². The van der Waals surface area contributed by atoms with Gasteiger partial charge in [0.05, 0.1) is 0 Å². The van der Waals surface area contributed by atoms with Gasteiger partial charge in [-0.1, -0.05) is 25.7 Å². The Balaban J connectivity index is 2.07.